The van der Waals surface area contributed by atoms with E-state index in [1.54, 1.807) is 0 Å². The van der Waals surface area contributed by atoms with E-state index in [1.165, 1.54) is 18.3 Å². The molecule has 0 bridgehead atoms. The molecule has 3 N–H and O–H groups in total. The zero-order chi connectivity index (χ0) is 11.4. The second-order valence-electron chi connectivity index (χ2n) is 2.91. The van der Waals surface area contributed by atoms with Crippen LogP contribution in [-0.2, 0) is 4.79 Å². The van der Waals surface area contributed by atoms with Crippen molar-refractivity contribution >= 4 is 5.97 Å². The van der Waals surface area contributed by atoms with Gasteiger partial charge in [-0.15, -0.1) is 0 Å². The van der Waals surface area contributed by atoms with E-state index in [1.807, 2.05) is 0 Å². The molecule has 4 nitrogen and oxygen atoms in total. The molecule has 0 spiro atoms. The molecule has 0 fully saturated rings. The molecule has 0 amide bonds. The molecule has 1 rings (SSSR count). The lowest BCUT2D eigenvalue weighted by Crippen LogP contribution is -2.22. The normalized spacial score (nSPS) is 12.8. The monoisotopic (exact) mass is 216 g/mol. The molecular formula is C9H10F2N2O2. The van der Waals surface area contributed by atoms with Crippen LogP contribution >= 0.6 is 0 Å². The lowest BCUT2D eigenvalue weighted by atomic mass is 9.98. The van der Waals surface area contributed by atoms with E-state index >= 15 is 0 Å². The summed E-state index contributed by atoms with van der Waals surface area (Å²) in [5, 5.41) is 8.78. The smallest absolute Gasteiger partial charge is 0.312 e. The third-order valence-corrected chi connectivity index (χ3v) is 1.99. The number of carbonyl (C=O) groups is 1. The Morgan fingerprint density at radius 1 is 1.60 bits per heavy atom. The molecular weight excluding hydrogens is 206 g/mol. The number of carboxylic acid groups (broad SMARTS) is 1. The van der Waals surface area contributed by atoms with Crippen LogP contribution in [0, 0.1) is 0 Å². The molecule has 0 radical (unpaired) electrons. The fourth-order valence-corrected chi connectivity index (χ4v) is 1.27. The summed E-state index contributed by atoms with van der Waals surface area (Å²) in [4.78, 5) is 14.2. The minimum absolute atomic E-state index is 0.0255. The molecule has 1 heterocycles. The van der Waals surface area contributed by atoms with Gasteiger partial charge in [-0.2, -0.15) is 0 Å². The highest BCUT2D eigenvalue weighted by molar-refractivity contribution is 5.76. The van der Waals surface area contributed by atoms with Crippen LogP contribution in [0.3, 0.4) is 0 Å². The number of hydrogen-bond acceptors (Lipinski definition) is 3. The third kappa shape index (κ3) is 2.47. The van der Waals surface area contributed by atoms with E-state index in [0.29, 0.717) is 0 Å². The largest absolute Gasteiger partial charge is 0.481 e. The van der Waals surface area contributed by atoms with Crippen LogP contribution in [0.4, 0.5) is 8.78 Å². The molecule has 1 aromatic rings. The second kappa shape index (κ2) is 4.79. The predicted molar refractivity (Wildman–Crippen MR) is 48.6 cm³/mol. The number of nitrogens with two attached hydrogens (primary N) is 1. The highest BCUT2D eigenvalue weighted by atomic mass is 19.3. The average molecular weight is 216 g/mol. The molecule has 1 unspecified atom stereocenters. The Morgan fingerprint density at radius 2 is 2.27 bits per heavy atom. The van der Waals surface area contributed by atoms with E-state index in [9.17, 15) is 13.6 Å². The van der Waals surface area contributed by atoms with Crippen LogP contribution in [-0.4, -0.2) is 22.6 Å². The molecule has 1 atom stereocenters. The van der Waals surface area contributed by atoms with Gasteiger partial charge in [-0.05, 0) is 11.6 Å². The summed E-state index contributed by atoms with van der Waals surface area (Å²) in [6, 6.07) is 2.72. The summed E-state index contributed by atoms with van der Waals surface area (Å²) in [7, 11) is 0. The Kier molecular flexibility index (Phi) is 3.68. The van der Waals surface area contributed by atoms with Gasteiger partial charge in [0, 0.05) is 12.7 Å². The molecule has 0 aromatic carbocycles. The Balaban J connectivity index is 3.16. The lowest BCUT2D eigenvalue weighted by molar-refractivity contribution is -0.138. The maximum Gasteiger partial charge on any atom is 0.312 e. The van der Waals surface area contributed by atoms with Gasteiger partial charge in [-0.25, -0.2) is 8.78 Å². The first-order chi connectivity index (χ1) is 7.07. The molecule has 0 aliphatic rings. The van der Waals surface area contributed by atoms with Crippen molar-refractivity contribution in [1.82, 2.24) is 4.98 Å². The summed E-state index contributed by atoms with van der Waals surface area (Å²) in [6.45, 7) is -0.235. The second-order valence-corrected chi connectivity index (χ2v) is 2.91. The molecule has 15 heavy (non-hydrogen) atoms. The topological polar surface area (TPSA) is 76.2 Å². The van der Waals surface area contributed by atoms with Crippen LogP contribution in [0.1, 0.15) is 23.6 Å². The number of alkyl halides is 2. The number of nitrogens with zero attached hydrogens (tertiary/aromatic N) is 1. The van der Waals surface area contributed by atoms with E-state index in [-0.39, 0.29) is 12.1 Å². The highest BCUT2D eigenvalue weighted by Crippen LogP contribution is 2.26. The zero-order valence-corrected chi connectivity index (χ0v) is 7.73. The van der Waals surface area contributed by atoms with E-state index in [0.717, 1.165) is 0 Å². The summed E-state index contributed by atoms with van der Waals surface area (Å²) in [5.74, 6) is -2.37. The molecule has 0 saturated carbocycles. The SMILES string of the molecule is NCC(C(=O)O)c1cccnc1C(F)F. The number of rotatable bonds is 4. The van der Waals surface area contributed by atoms with Gasteiger partial charge >= 0.3 is 5.97 Å². The first kappa shape index (κ1) is 11.5. The quantitative estimate of drug-likeness (QED) is 0.791. The van der Waals surface area contributed by atoms with Gasteiger partial charge in [0.25, 0.3) is 6.43 Å². The van der Waals surface area contributed by atoms with Gasteiger partial charge in [0.05, 0.1) is 5.92 Å². The summed E-state index contributed by atoms with van der Waals surface area (Å²) in [5.41, 5.74) is 4.68. The number of aliphatic carboxylic acids is 1. The van der Waals surface area contributed by atoms with Crippen LogP contribution in [0.5, 0.6) is 0 Å². The zero-order valence-electron chi connectivity index (χ0n) is 7.73. The van der Waals surface area contributed by atoms with Gasteiger partial charge < -0.3 is 10.8 Å². The van der Waals surface area contributed by atoms with Crippen molar-refractivity contribution in [2.45, 2.75) is 12.3 Å². The van der Waals surface area contributed by atoms with Crippen molar-refractivity contribution in [3.05, 3.63) is 29.6 Å². The minimum Gasteiger partial charge on any atom is -0.481 e. The Hall–Kier alpha value is -1.56. The van der Waals surface area contributed by atoms with Crippen LogP contribution in [0.15, 0.2) is 18.3 Å². The van der Waals surface area contributed by atoms with Crippen molar-refractivity contribution in [3.8, 4) is 0 Å². The molecule has 6 heteroatoms. The number of aromatic nitrogens is 1. The fourth-order valence-electron chi connectivity index (χ4n) is 1.27. The predicted octanol–water partition coefficient (Wildman–Crippen LogP) is 1.15. The molecule has 0 aliphatic heterocycles. The minimum atomic E-state index is -2.80. The third-order valence-electron chi connectivity index (χ3n) is 1.99. The van der Waals surface area contributed by atoms with Gasteiger partial charge in [-0.1, -0.05) is 6.07 Å². The van der Waals surface area contributed by atoms with Crippen molar-refractivity contribution < 1.29 is 18.7 Å². The molecule has 0 aliphatic carbocycles. The molecule has 1 aromatic heterocycles. The van der Waals surface area contributed by atoms with Gasteiger partial charge in [0.2, 0.25) is 0 Å². The van der Waals surface area contributed by atoms with Crippen LogP contribution in [0.2, 0.25) is 0 Å². The van der Waals surface area contributed by atoms with E-state index in [2.05, 4.69) is 4.98 Å². The first-order valence-electron chi connectivity index (χ1n) is 4.23. The van der Waals surface area contributed by atoms with Crippen LogP contribution in [0.25, 0.3) is 0 Å². The average Bonchev–Trinajstić information content (AvgIpc) is 2.18. The van der Waals surface area contributed by atoms with Crippen molar-refractivity contribution in [2.24, 2.45) is 5.73 Å². The van der Waals surface area contributed by atoms with E-state index in [4.69, 9.17) is 10.8 Å². The summed E-state index contributed by atoms with van der Waals surface area (Å²) < 4.78 is 25.0. The van der Waals surface area contributed by atoms with Crippen LogP contribution < -0.4 is 5.73 Å². The number of halogens is 2. The van der Waals surface area contributed by atoms with Gasteiger partial charge in [0.1, 0.15) is 5.69 Å². The number of pyridine rings is 1. The van der Waals surface area contributed by atoms with Gasteiger partial charge in [0.15, 0.2) is 0 Å². The number of carboxylic acids is 1. The summed E-state index contributed by atoms with van der Waals surface area (Å²) >= 11 is 0. The maximum absolute atomic E-state index is 12.5. The summed E-state index contributed by atoms with van der Waals surface area (Å²) in [6.07, 6.45) is -1.60. The molecule has 0 saturated heterocycles. The van der Waals surface area contributed by atoms with Crippen molar-refractivity contribution in [2.75, 3.05) is 6.54 Å². The van der Waals surface area contributed by atoms with Gasteiger partial charge in [-0.3, -0.25) is 9.78 Å². The Labute approximate surface area is 84.7 Å². The Morgan fingerprint density at radius 3 is 2.73 bits per heavy atom. The Bertz CT molecular complexity index is 358. The van der Waals surface area contributed by atoms with Crippen molar-refractivity contribution in [3.63, 3.8) is 0 Å². The standard InChI is InChI=1S/C9H10F2N2O2/c10-8(11)7-5(2-1-3-13-7)6(4-12)9(14)15/h1-3,6,8H,4,12H2,(H,14,15). The maximum atomic E-state index is 12.5. The number of hydrogen-bond donors (Lipinski definition) is 2. The fraction of sp³-hybridized carbons (Fsp3) is 0.333. The lowest BCUT2D eigenvalue weighted by Gasteiger charge is -2.13. The van der Waals surface area contributed by atoms with Crippen molar-refractivity contribution in [1.29, 1.82) is 0 Å². The van der Waals surface area contributed by atoms with E-state index < -0.39 is 24.0 Å². The highest BCUT2D eigenvalue weighted by Gasteiger charge is 2.25. The first-order valence-corrected chi connectivity index (χ1v) is 4.23. The molecule has 82 valence electrons.